The van der Waals surface area contributed by atoms with Gasteiger partial charge in [-0.2, -0.15) is 0 Å². The fourth-order valence-electron chi connectivity index (χ4n) is 4.21. The van der Waals surface area contributed by atoms with Crippen LogP contribution in [-0.2, 0) is 22.4 Å². The van der Waals surface area contributed by atoms with E-state index in [9.17, 15) is 14.4 Å². The summed E-state index contributed by atoms with van der Waals surface area (Å²) in [6.07, 6.45) is 5.12. The predicted molar refractivity (Wildman–Crippen MR) is 118 cm³/mol. The summed E-state index contributed by atoms with van der Waals surface area (Å²) in [6.45, 7) is 0.363. The lowest BCUT2D eigenvalue weighted by molar-refractivity contribution is -0.122. The first-order valence-electron chi connectivity index (χ1n) is 10.1. The Hall–Kier alpha value is -3.46. The highest BCUT2D eigenvalue weighted by Gasteiger charge is 2.35. The molecular weight excluding hydrogens is 414 g/mol. The molecule has 1 aliphatic carbocycles. The SMILES string of the molecule is NC(=O)c1cc(-c2csc(NC(=O)C3CC(=O)N(c4ccc5c(c4)CCC5)C3)n2)c[nH]1. The van der Waals surface area contributed by atoms with Gasteiger partial charge in [-0.05, 0) is 48.6 Å². The first-order chi connectivity index (χ1) is 15.0. The van der Waals surface area contributed by atoms with Gasteiger partial charge in [0.2, 0.25) is 11.8 Å². The third-order valence-corrected chi connectivity index (χ3v) is 6.63. The fourth-order valence-corrected chi connectivity index (χ4v) is 4.94. The van der Waals surface area contributed by atoms with Gasteiger partial charge >= 0.3 is 0 Å². The Kier molecular flexibility index (Phi) is 4.82. The van der Waals surface area contributed by atoms with Gasteiger partial charge in [0.15, 0.2) is 5.13 Å². The third-order valence-electron chi connectivity index (χ3n) is 5.87. The number of carbonyl (C=O) groups excluding carboxylic acids is 3. The molecule has 1 saturated heterocycles. The molecule has 0 spiro atoms. The summed E-state index contributed by atoms with van der Waals surface area (Å²) in [6, 6.07) is 7.78. The van der Waals surface area contributed by atoms with Crippen LogP contribution >= 0.6 is 11.3 Å². The monoisotopic (exact) mass is 435 g/mol. The summed E-state index contributed by atoms with van der Waals surface area (Å²) in [5.74, 6) is -1.23. The van der Waals surface area contributed by atoms with Crippen molar-refractivity contribution < 1.29 is 14.4 Å². The average molecular weight is 436 g/mol. The molecule has 0 bridgehead atoms. The third kappa shape index (κ3) is 3.72. The Balaban J connectivity index is 1.25. The molecule has 1 unspecified atom stereocenters. The minimum atomic E-state index is -0.547. The molecule has 9 heteroatoms. The Morgan fingerprint density at radius 2 is 2.06 bits per heavy atom. The van der Waals surface area contributed by atoms with Crippen molar-refractivity contribution >= 4 is 39.9 Å². The van der Waals surface area contributed by atoms with Crippen molar-refractivity contribution in [2.75, 3.05) is 16.8 Å². The smallest absolute Gasteiger partial charge is 0.265 e. The number of aryl methyl sites for hydroxylation is 2. The molecule has 1 aliphatic heterocycles. The number of thiazole rings is 1. The van der Waals surface area contributed by atoms with Gasteiger partial charge in [0.05, 0.1) is 11.6 Å². The van der Waals surface area contributed by atoms with Crippen LogP contribution in [0.1, 0.15) is 34.5 Å². The molecule has 8 nitrogen and oxygen atoms in total. The number of rotatable bonds is 5. The van der Waals surface area contributed by atoms with Crippen molar-refractivity contribution in [2.45, 2.75) is 25.7 Å². The zero-order chi connectivity index (χ0) is 21.5. The lowest BCUT2D eigenvalue weighted by atomic mass is 10.1. The fraction of sp³-hybridized carbons (Fsp3) is 0.273. The summed E-state index contributed by atoms with van der Waals surface area (Å²) >= 11 is 1.29. The Labute approximate surface area is 182 Å². The summed E-state index contributed by atoms with van der Waals surface area (Å²) < 4.78 is 0. The molecule has 0 radical (unpaired) electrons. The quantitative estimate of drug-likeness (QED) is 0.570. The highest BCUT2D eigenvalue weighted by Crippen LogP contribution is 2.31. The molecule has 0 saturated carbocycles. The van der Waals surface area contributed by atoms with Crippen LogP contribution in [-0.4, -0.2) is 34.2 Å². The maximum absolute atomic E-state index is 12.8. The minimum Gasteiger partial charge on any atom is -0.364 e. The Morgan fingerprint density at radius 3 is 2.87 bits per heavy atom. The molecule has 158 valence electrons. The topological polar surface area (TPSA) is 121 Å². The first-order valence-corrected chi connectivity index (χ1v) is 11.0. The molecule has 31 heavy (non-hydrogen) atoms. The van der Waals surface area contributed by atoms with Gasteiger partial charge in [0, 0.05) is 35.8 Å². The van der Waals surface area contributed by atoms with Crippen molar-refractivity contribution in [1.29, 1.82) is 0 Å². The average Bonchev–Trinajstić information content (AvgIpc) is 3.52. The molecule has 1 aromatic carbocycles. The number of nitrogens with two attached hydrogens (primary N) is 1. The van der Waals surface area contributed by atoms with Gasteiger partial charge in [0.1, 0.15) is 5.69 Å². The van der Waals surface area contributed by atoms with Crippen molar-refractivity contribution in [2.24, 2.45) is 11.7 Å². The number of anilines is 2. The van der Waals surface area contributed by atoms with Crippen molar-refractivity contribution in [3.8, 4) is 11.3 Å². The number of nitrogens with one attached hydrogen (secondary N) is 2. The highest BCUT2D eigenvalue weighted by atomic mass is 32.1. The minimum absolute atomic E-state index is 0.0378. The van der Waals surface area contributed by atoms with Gasteiger partial charge in [-0.3, -0.25) is 14.4 Å². The predicted octanol–water partition coefficient (Wildman–Crippen LogP) is 2.72. The number of fused-ring (bicyclic) bond motifs is 1. The second-order valence-electron chi connectivity index (χ2n) is 7.91. The second-order valence-corrected chi connectivity index (χ2v) is 8.76. The number of hydrogen-bond donors (Lipinski definition) is 3. The lowest BCUT2D eigenvalue weighted by Gasteiger charge is -2.17. The Bertz CT molecular complexity index is 1200. The van der Waals surface area contributed by atoms with Crippen LogP contribution in [0.3, 0.4) is 0 Å². The molecule has 2 aromatic heterocycles. The second kappa shape index (κ2) is 7.66. The van der Waals surface area contributed by atoms with Crippen molar-refractivity contribution in [3.63, 3.8) is 0 Å². The van der Waals surface area contributed by atoms with E-state index >= 15 is 0 Å². The molecule has 1 fully saturated rings. The molecule has 3 amide bonds. The molecule has 2 aliphatic rings. The highest BCUT2D eigenvalue weighted by molar-refractivity contribution is 7.14. The van der Waals surface area contributed by atoms with Gasteiger partial charge in [-0.25, -0.2) is 4.98 Å². The van der Waals surface area contributed by atoms with E-state index in [2.05, 4.69) is 27.4 Å². The van der Waals surface area contributed by atoms with Crippen LogP contribution in [0, 0.1) is 5.92 Å². The van der Waals surface area contributed by atoms with E-state index in [1.807, 2.05) is 6.07 Å². The zero-order valence-corrected chi connectivity index (χ0v) is 17.5. The summed E-state index contributed by atoms with van der Waals surface area (Å²) in [7, 11) is 0. The van der Waals surface area contributed by atoms with Crippen LogP contribution < -0.4 is 16.0 Å². The van der Waals surface area contributed by atoms with E-state index in [1.165, 1.54) is 22.5 Å². The van der Waals surface area contributed by atoms with Crippen LogP contribution in [0.5, 0.6) is 0 Å². The van der Waals surface area contributed by atoms with Crippen molar-refractivity contribution in [1.82, 2.24) is 9.97 Å². The normalized spacial score (nSPS) is 17.7. The summed E-state index contributed by atoms with van der Waals surface area (Å²) in [5, 5.41) is 5.07. The number of benzene rings is 1. The van der Waals surface area contributed by atoms with E-state index in [0.717, 1.165) is 24.9 Å². The standard InChI is InChI=1S/C22H21N5O3S/c23-20(29)17-7-14(9-24-17)18-11-31-22(25-18)26-21(30)15-8-19(28)27(10-15)16-5-4-12-2-1-3-13(12)6-16/h4-7,9,11,15,24H,1-3,8,10H2,(H2,23,29)(H,25,26,30). The largest absolute Gasteiger partial charge is 0.364 e. The number of primary amides is 1. The van der Waals surface area contributed by atoms with Gasteiger partial charge in [0.25, 0.3) is 5.91 Å². The Morgan fingerprint density at radius 1 is 1.23 bits per heavy atom. The number of nitrogens with zero attached hydrogens (tertiary/aromatic N) is 2. The zero-order valence-electron chi connectivity index (χ0n) is 16.7. The number of amides is 3. The van der Waals surface area contributed by atoms with Crippen LogP contribution in [0.15, 0.2) is 35.8 Å². The van der Waals surface area contributed by atoms with E-state index in [4.69, 9.17) is 5.73 Å². The van der Waals surface area contributed by atoms with Crippen LogP contribution in [0.4, 0.5) is 10.8 Å². The van der Waals surface area contributed by atoms with Gasteiger partial charge < -0.3 is 20.9 Å². The van der Waals surface area contributed by atoms with E-state index in [-0.39, 0.29) is 18.2 Å². The molecule has 5 rings (SSSR count). The number of aromatic nitrogens is 2. The van der Waals surface area contributed by atoms with Crippen LogP contribution in [0.25, 0.3) is 11.3 Å². The summed E-state index contributed by atoms with van der Waals surface area (Å²) in [4.78, 5) is 45.5. The van der Waals surface area contributed by atoms with E-state index in [0.29, 0.717) is 28.6 Å². The number of carbonyl (C=O) groups is 3. The number of hydrogen-bond acceptors (Lipinski definition) is 5. The molecule has 1 atom stereocenters. The van der Waals surface area contributed by atoms with Crippen LogP contribution in [0.2, 0.25) is 0 Å². The van der Waals surface area contributed by atoms with Crippen molar-refractivity contribution in [3.05, 3.63) is 52.7 Å². The van der Waals surface area contributed by atoms with Gasteiger partial charge in [-0.15, -0.1) is 11.3 Å². The molecule has 4 N–H and O–H groups in total. The number of H-pyrrole nitrogens is 1. The summed E-state index contributed by atoms with van der Waals surface area (Å²) in [5.41, 5.74) is 10.4. The maximum atomic E-state index is 12.8. The molecular formula is C22H21N5O3S. The van der Waals surface area contributed by atoms with E-state index in [1.54, 1.807) is 22.5 Å². The number of aromatic amines is 1. The molecule has 3 heterocycles. The maximum Gasteiger partial charge on any atom is 0.265 e. The lowest BCUT2D eigenvalue weighted by Crippen LogP contribution is -2.28. The molecule has 3 aromatic rings. The van der Waals surface area contributed by atoms with E-state index < -0.39 is 11.8 Å². The van der Waals surface area contributed by atoms with Gasteiger partial charge in [-0.1, -0.05) is 6.07 Å². The first kappa shape index (κ1) is 19.5.